The van der Waals surface area contributed by atoms with Gasteiger partial charge in [-0.3, -0.25) is 4.90 Å². The fourth-order valence-corrected chi connectivity index (χ4v) is 2.99. The molecule has 3 heteroatoms. The highest BCUT2D eigenvalue weighted by atomic mass is 16.5. The average molecular weight is 262 g/mol. The molecule has 1 unspecified atom stereocenters. The number of methoxy groups -OCH3 is 1. The minimum atomic E-state index is 0.726. The number of benzene rings is 1. The van der Waals surface area contributed by atoms with Crippen LogP contribution in [0.15, 0.2) is 18.2 Å². The first-order valence-corrected chi connectivity index (χ1v) is 7.41. The van der Waals surface area contributed by atoms with Gasteiger partial charge in [-0.25, -0.2) is 0 Å². The molecule has 0 amide bonds. The van der Waals surface area contributed by atoms with Crippen molar-refractivity contribution < 1.29 is 4.74 Å². The molecule has 0 aromatic heterocycles. The van der Waals surface area contributed by atoms with Gasteiger partial charge in [-0.15, -0.1) is 0 Å². The molecule has 3 nitrogen and oxygen atoms in total. The van der Waals surface area contributed by atoms with E-state index >= 15 is 0 Å². The van der Waals surface area contributed by atoms with Crippen LogP contribution in [0.3, 0.4) is 0 Å². The van der Waals surface area contributed by atoms with E-state index in [2.05, 4.69) is 17.9 Å². The van der Waals surface area contributed by atoms with Crippen molar-refractivity contribution in [1.29, 1.82) is 0 Å². The predicted octanol–water partition coefficient (Wildman–Crippen LogP) is 3.43. The normalized spacial score (nSPS) is 20.4. The van der Waals surface area contributed by atoms with E-state index in [1.165, 1.54) is 44.2 Å². The highest BCUT2D eigenvalue weighted by molar-refractivity contribution is 5.50. The third-order valence-corrected chi connectivity index (χ3v) is 4.09. The summed E-state index contributed by atoms with van der Waals surface area (Å²) in [6.45, 7) is 4.42. The molecule has 2 rings (SSSR count). The number of hydrogen-bond donors (Lipinski definition) is 1. The molecule has 106 valence electrons. The van der Waals surface area contributed by atoms with Crippen molar-refractivity contribution in [3.8, 4) is 5.75 Å². The van der Waals surface area contributed by atoms with Crippen LogP contribution >= 0.6 is 0 Å². The van der Waals surface area contributed by atoms with E-state index in [4.69, 9.17) is 10.5 Å². The molecule has 0 bridgehead atoms. The van der Waals surface area contributed by atoms with Gasteiger partial charge in [0.15, 0.2) is 0 Å². The number of hydrogen-bond acceptors (Lipinski definition) is 3. The Morgan fingerprint density at radius 1 is 1.37 bits per heavy atom. The highest BCUT2D eigenvalue weighted by Crippen LogP contribution is 2.26. The Balaban J connectivity index is 2.09. The second-order valence-corrected chi connectivity index (χ2v) is 5.47. The summed E-state index contributed by atoms with van der Waals surface area (Å²) in [6, 6.07) is 6.68. The lowest BCUT2D eigenvalue weighted by Crippen LogP contribution is -2.38. The molecule has 0 spiro atoms. The van der Waals surface area contributed by atoms with Crippen LogP contribution in [0.4, 0.5) is 5.69 Å². The Morgan fingerprint density at radius 3 is 2.95 bits per heavy atom. The van der Waals surface area contributed by atoms with Crippen molar-refractivity contribution >= 4 is 5.69 Å². The molecule has 1 heterocycles. The van der Waals surface area contributed by atoms with Gasteiger partial charge in [0.2, 0.25) is 0 Å². The molecule has 1 saturated heterocycles. The second-order valence-electron chi connectivity index (χ2n) is 5.47. The Hall–Kier alpha value is -1.22. The fraction of sp³-hybridized carbons (Fsp3) is 0.625. The van der Waals surface area contributed by atoms with Crippen molar-refractivity contribution in [2.24, 2.45) is 0 Å². The average Bonchev–Trinajstić information content (AvgIpc) is 2.43. The number of likely N-dealkylation sites (tertiary alicyclic amines) is 1. The Bertz CT molecular complexity index is 404. The van der Waals surface area contributed by atoms with E-state index in [1.807, 2.05) is 12.1 Å². The van der Waals surface area contributed by atoms with Crippen LogP contribution in [0, 0.1) is 0 Å². The summed E-state index contributed by atoms with van der Waals surface area (Å²) in [5, 5.41) is 0. The van der Waals surface area contributed by atoms with Crippen LogP contribution < -0.4 is 10.5 Å². The number of ether oxygens (including phenoxy) is 1. The van der Waals surface area contributed by atoms with Crippen LogP contribution in [-0.4, -0.2) is 24.6 Å². The van der Waals surface area contributed by atoms with Crippen LogP contribution in [0.25, 0.3) is 0 Å². The lowest BCUT2D eigenvalue weighted by molar-refractivity contribution is 0.131. The number of nitrogens with two attached hydrogens (primary N) is 1. The highest BCUT2D eigenvalue weighted by Gasteiger charge is 2.22. The molecule has 0 aliphatic carbocycles. The van der Waals surface area contributed by atoms with Gasteiger partial charge in [0.25, 0.3) is 0 Å². The summed E-state index contributed by atoms with van der Waals surface area (Å²) in [6.07, 6.45) is 6.56. The molecule has 19 heavy (non-hydrogen) atoms. The summed E-state index contributed by atoms with van der Waals surface area (Å²) in [5.74, 6) is 0.897. The molecule has 0 radical (unpaired) electrons. The molecule has 1 aromatic carbocycles. The van der Waals surface area contributed by atoms with Gasteiger partial charge in [0.05, 0.1) is 7.11 Å². The summed E-state index contributed by atoms with van der Waals surface area (Å²) in [5.41, 5.74) is 8.17. The number of anilines is 1. The van der Waals surface area contributed by atoms with Crippen molar-refractivity contribution in [2.45, 2.75) is 51.6 Å². The third-order valence-electron chi connectivity index (χ3n) is 4.09. The van der Waals surface area contributed by atoms with Gasteiger partial charge in [0.1, 0.15) is 5.75 Å². The topological polar surface area (TPSA) is 38.5 Å². The van der Waals surface area contributed by atoms with Crippen molar-refractivity contribution in [2.75, 3.05) is 19.4 Å². The monoisotopic (exact) mass is 262 g/mol. The van der Waals surface area contributed by atoms with Crippen molar-refractivity contribution in [1.82, 2.24) is 4.90 Å². The van der Waals surface area contributed by atoms with E-state index < -0.39 is 0 Å². The lowest BCUT2D eigenvalue weighted by atomic mass is 9.97. The largest absolute Gasteiger partial charge is 0.497 e. The first-order valence-electron chi connectivity index (χ1n) is 7.41. The molecular formula is C16H26N2O. The summed E-state index contributed by atoms with van der Waals surface area (Å²) in [4.78, 5) is 2.60. The number of rotatable bonds is 5. The standard InChI is InChI=1S/C16H26N2O/c1-3-6-14-7-4-5-10-18(14)12-13-11-15(19-2)8-9-16(13)17/h8-9,11,14H,3-7,10,12,17H2,1-2H3. The Kier molecular flexibility index (Phi) is 5.08. The van der Waals surface area contributed by atoms with Gasteiger partial charge in [-0.2, -0.15) is 0 Å². The van der Waals surface area contributed by atoms with Gasteiger partial charge in [-0.1, -0.05) is 19.8 Å². The second kappa shape index (κ2) is 6.80. The Morgan fingerprint density at radius 2 is 2.21 bits per heavy atom. The number of nitrogens with zero attached hydrogens (tertiary/aromatic N) is 1. The number of nitrogen functional groups attached to an aromatic ring is 1. The molecule has 2 N–H and O–H groups in total. The van der Waals surface area contributed by atoms with E-state index in [9.17, 15) is 0 Å². The zero-order valence-electron chi connectivity index (χ0n) is 12.2. The first kappa shape index (κ1) is 14.2. The van der Waals surface area contributed by atoms with E-state index in [0.717, 1.165) is 24.0 Å². The smallest absolute Gasteiger partial charge is 0.119 e. The molecule has 1 fully saturated rings. The maximum absolute atomic E-state index is 6.10. The van der Waals surface area contributed by atoms with Gasteiger partial charge in [-0.05, 0) is 49.6 Å². The van der Waals surface area contributed by atoms with Gasteiger partial charge < -0.3 is 10.5 Å². The number of piperidine rings is 1. The van der Waals surface area contributed by atoms with E-state index in [-0.39, 0.29) is 0 Å². The molecule has 1 aliphatic rings. The van der Waals surface area contributed by atoms with Crippen molar-refractivity contribution in [3.05, 3.63) is 23.8 Å². The van der Waals surface area contributed by atoms with Crippen molar-refractivity contribution in [3.63, 3.8) is 0 Å². The van der Waals surface area contributed by atoms with E-state index in [1.54, 1.807) is 7.11 Å². The molecule has 0 saturated carbocycles. The maximum atomic E-state index is 6.10. The van der Waals surface area contributed by atoms with Crippen LogP contribution in [0.2, 0.25) is 0 Å². The lowest BCUT2D eigenvalue weighted by Gasteiger charge is -2.36. The summed E-state index contributed by atoms with van der Waals surface area (Å²) < 4.78 is 5.30. The fourth-order valence-electron chi connectivity index (χ4n) is 2.99. The SMILES string of the molecule is CCCC1CCCCN1Cc1cc(OC)ccc1N. The Labute approximate surface area is 116 Å². The maximum Gasteiger partial charge on any atom is 0.119 e. The molecule has 1 aromatic rings. The zero-order valence-corrected chi connectivity index (χ0v) is 12.2. The third kappa shape index (κ3) is 3.63. The quantitative estimate of drug-likeness (QED) is 0.826. The van der Waals surface area contributed by atoms with Gasteiger partial charge >= 0.3 is 0 Å². The molecule has 1 atom stereocenters. The van der Waals surface area contributed by atoms with Crippen LogP contribution in [0.5, 0.6) is 5.75 Å². The minimum Gasteiger partial charge on any atom is -0.497 e. The van der Waals surface area contributed by atoms with E-state index in [0.29, 0.717) is 0 Å². The minimum absolute atomic E-state index is 0.726. The first-order chi connectivity index (χ1) is 9.24. The molecule has 1 aliphatic heterocycles. The summed E-state index contributed by atoms with van der Waals surface area (Å²) in [7, 11) is 1.70. The predicted molar refractivity (Wildman–Crippen MR) is 80.4 cm³/mol. The van der Waals surface area contributed by atoms with Gasteiger partial charge in [0, 0.05) is 18.3 Å². The molecular weight excluding hydrogens is 236 g/mol. The summed E-state index contributed by atoms with van der Waals surface area (Å²) >= 11 is 0. The van der Waals surface area contributed by atoms with Crippen LogP contribution in [-0.2, 0) is 6.54 Å². The zero-order chi connectivity index (χ0) is 13.7. The van der Waals surface area contributed by atoms with Crippen LogP contribution in [0.1, 0.15) is 44.6 Å².